The standard InChI is InChI=1S/C26H27ClFN5O3.C6H8O3/c1-33(2)7-3-4-24(34)32-22-9-18-21(10-23(22)36-14-26-11-16(26)12-35-13-26)29-15-30-25(18)31-17-5-6-20(28)19(27)8-17;7-3-6-1-4(6)2-9-5(6)8/h3-6,8-10,15-16H,7,11-14H2,1-2H3,(H,32,34)(H,29,30,31);4,7H,1-3H2/b4-3+;. The number of rotatable bonds is 10. The number of aliphatic hydroxyl groups is 1. The fourth-order valence-corrected chi connectivity index (χ4v) is 5.95. The molecule has 4 unspecified atom stereocenters. The van der Waals surface area contributed by atoms with Gasteiger partial charge in [0.15, 0.2) is 0 Å². The third kappa shape index (κ3) is 6.60. The van der Waals surface area contributed by atoms with Gasteiger partial charge in [-0.3, -0.25) is 9.59 Å². The van der Waals surface area contributed by atoms with Crippen LogP contribution < -0.4 is 15.4 Å². The van der Waals surface area contributed by atoms with Gasteiger partial charge < -0.3 is 34.9 Å². The van der Waals surface area contributed by atoms with Gasteiger partial charge in [0.1, 0.15) is 23.7 Å². The molecule has 0 spiro atoms. The maximum absolute atomic E-state index is 13.6. The lowest BCUT2D eigenvalue weighted by molar-refractivity contribution is -0.146. The second-order valence-electron chi connectivity index (χ2n) is 12.4. The fourth-order valence-electron chi connectivity index (χ4n) is 5.77. The first kappa shape index (κ1) is 31.2. The highest BCUT2D eigenvalue weighted by atomic mass is 35.5. The van der Waals surface area contributed by atoms with E-state index in [2.05, 4.69) is 20.6 Å². The van der Waals surface area contributed by atoms with Crippen LogP contribution in [0.3, 0.4) is 0 Å². The van der Waals surface area contributed by atoms with Crippen LogP contribution in [0.2, 0.25) is 5.02 Å². The molecule has 1 amide bonds. The number of hydrogen-bond acceptors (Lipinski definition) is 10. The molecule has 2 saturated heterocycles. The second kappa shape index (κ2) is 12.5. The predicted octanol–water partition coefficient (Wildman–Crippen LogP) is 4.18. The number of fused-ring (bicyclic) bond motifs is 3. The summed E-state index contributed by atoms with van der Waals surface area (Å²) in [6.07, 6.45) is 6.64. The number of benzene rings is 2. The summed E-state index contributed by atoms with van der Waals surface area (Å²) in [7, 11) is 3.86. The van der Waals surface area contributed by atoms with Crippen molar-refractivity contribution in [2.24, 2.45) is 22.7 Å². The number of nitrogens with zero attached hydrogens (tertiary/aromatic N) is 3. The Labute approximate surface area is 264 Å². The van der Waals surface area contributed by atoms with Crippen molar-refractivity contribution in [1.82, 2.24) is 14.9 Å². The van der Waals surface area contributed by atoms with E-state index in [1.807, 2.05) is 19.0 Å². The topological polar surface area (TPSA) is 135 Å². The quantitative estimate of drug-likeness (QED) is 0.219. The SMILES string of the molecule is CN(C)C/C=C/C(=O)Nc1cc2c(Nc3ccc(F)c(Cl)c3)ncnc2cc1OCC12COCC1C2.O=C1OCC2CC12CO. The molecule has 1 aromatic heterocycles. The summed E-state index contributed by atoms with van der Waals surface area (Å²) in [5.41, 5.74) is 1.31. The van der Waals surface area contributed by atoms with Crippen LogP contribution in [0.1, 0.15) is 12.8 Å². The third-order valence-electron chi connectivity index (χ3n) is 8.84. The second-order valence-corrected chi connectivity index (χ2v) is 12.8. The predicted molar refractivity (Wildman–Crippen MR) is 166 cm³/mol. The Morgan fingerprint density at radius 2 is 2.07 bits per heavy atom. The zero-order valence-electron chi connectivity index (χ0n) is 25.0. The van der Waals surface area contributed by atoms with Gasteiger partial charge >= 0.3 is 5.97 Å². The van der Waals surface area contributed by atoms with Crippen molar-refractivity contribution in [2.45, 2.75) is 12.8 Å². The van der Waals surface area contributed by atoms with Crippen molar-refractivity contribution < 1.29 is 33.3 Å². The van der Waals surface area contributed by atoms with Crippen LogP contribution in [0.5, 0.6) is 5.75 Å². The van der Waals surface area contributed by atoms with Crippen LogP contribution in [-0.4, -0.2) is 85.5 Å². The number of nitrogens with one attached hydrogen (secondary N) is 2. The number of aliphatic hydroxyl groups excluding tert-OH is 1. The number of amides is 1. The van der Waals surface area contributed by atoms with E-state index in [-0.39, 0.29) is 28.9 Å². The molecule has 0 radical (unpaired) electrons. The minimum Gasteiger partial charge on any atom is -0.491 e. The van der Waals surface area contributed by atoms with Crippen molar-refractivity contribution >= 4 is 51.6 Å². The Kier molecular flexibility index (Phi) is 8.66. The van der Waals surface area contributed by atoms with Gasteiger partial charge in [-0.1, -0.05) is 17.7 Å². The first-order chi connectivity index (χ1) is 21.6. The van der Waals surface area contributed by atoms with Gasteiger partial charge in [-0.2, -0.15) is 0 Å². The maximum Gasteiger partial charge on any atom is 0.314 e. The summed E-state index contributed by atoms with van der Waals surface area (Å²) in [5, 5.41) is 15.5. The number of esters is 1. The molecular formula is C32H35ClFN5O6. The summed E-state index contributed by atoms with van der Waals surface area (Å²) in [6.45, 7) is 3.11. The Hall–Kier alpha value is -3.84. The van der Waals surface area contributed by atoms with Crippen LogP contribution >= 0.6 is 11.6 Å². The van der Waals surface area contributed by atoms with Gasteiger partial charge in [-0.15, -0.1) is 0 Å². The van der Waals surface area contributed by atoms with Gasteiger partial charge in [0.25, 0.3) is 0 Å². The third-order valence-corrected chi connectivity index (χ3v) is 9.13. The van der Waals surface area contributed by atoms with Crippen LogP contribution in [0.25, 0.3) is 10.9 Å². The van der Waals surface area contributed by atoms with Crippen molar-refractivity contribution in [3.8, 4) is 5.75 Å². The minimum absolute atomic E-state index is 0.000147. The summed E-state index contributed by atoms with van der Waals surface area (Å²) in [5.74, 6) is 0.894. The van der Waals surface area contributed by atoms with E-state index in [0.29, 0.717) is 72.0 Å². The van der Waals surface area contributed by atoms with Crippen LogP contribution in [0.15, 0.2) is 48.8 Å². The lowest BCUT2D eigenvalue weighted by atomic mass is 10.1. The Balaban J connectivity index is 0.000000337. The van der Waals surface area contributed by atoms with E-state index < -0.39 is 11.2 Å². The number of ether oxygens (including phenoxy) is 3. The van der Waals surface area contributed by atoms with E-state index in [9.17, 15) is 14.0 Å². The summed E-state index contributed by atoms with van der Waals surface area (Å²) < 4.78 is 30.1. The maximum atomic E-state index is 13.6. The van der Waals surface area contributed by atoms with Crippen molar-refractivity contribution in [3.63, 3.8) is 0 Å². The average Bonchev–Trinajstić information content (AvgIpc) is 3.84. The molecule has 2 aliphatic heterocycles. The number of likely N-dealkylation sites (N-methyl/N-ethyl adjacent to an activating group) is 1. The van der Waals surface area contributed by atoms with Gasteiger partial charge in [-0.05, 0) is 57.1 Å². The highest BCUT2D eigenvalue weighted by Crippen LogP contribution is 2.57. The van der Waals surface area contributed by atoms with Crippen molar-refractivity contribution in [1.29, 1.82) is 0 Å². The Morgan fingerprint density at radius 1 is 1.22 bits per heavy atom. The molecule has 11 nitrogen and oxygen atoms in total. The normalized spacial score (nSPS) is 25.8. The van der Waals surface area contributed by atoms with Crippen LogP contribution in [-0.2, 0) is 19.1 Å². The monoisotopic (exact) mass is 639 g/mol. The van der Waals surface area contributed by atoms with E-state index >= 15 is 0 Å². The zero-order chi connectivity index (χ0) is 31.8. The molecule has 13 heteroatoms. The van der Waals surface area contributed by atoms with E-state index in [1.54, 1.807) is 24.3 Å². The molecule has 2 aromatic carbocycles. The summed E-state index contributed by atoms with van der Waals surface area (Å²) in [6, 6.07) is 7.91. The molecule has 4 aliphatic rings. The lowest BCUT2D eigenvalue weighted by Crippen LogP contribution is -2.18. The lowest BCUT2D eigenvalue weighted by Gasteiger charge is -2.17. The number of halogens is 2. The molecule has 3 N–H and O–H groups in total. The molecule has 3 heterocycles. The van der Waals surface area contributed by atoms with Gasteiger partial charge in [-0.25, -0.2) is 14.4 Å². The number of carbonyl (C=O) groups excluding carboxylic acids is 2. The highest BCUT2D eigenvalue weighted by Gasteiger charge is 2.65. The van der Waals surface area contributed by atoms with Crippen LogP contribution in [0, 0.1) is 28.5 Å². The molecule has 45 heavy (non-hydrogen) atoms. The van der Waals surface area contributed by atoms with E-state index in [4.69, 9.17) is 30.9 Å². The number of carbonyl (C=O) groups is 2. The molecular weight excluding hydrogens is 605 g/mol. The highest BCUT2D eigenvalue weighted by molar-refractivity contribution is 6.31. The van der Waals surface area contributed by atoms with Gasteiger partial charge in [0.2, 0.25) is 5.91 Å². The largest absolute Gasteiger partial charge is 0.491 e. The zero-order valence-corrected chi connectivity index (χ0v) is 25.8. The first-order valence-electron chi connectivity index (χ1n) is 14.7. The fraction of sp³-hybridized carbons (Fsp3) is 0.438. The molecule has 7 rings (SSSR count). The first-order valence-corrected chi connectivity index (χ1v) is 15.1. The van der Waals surface area contributed by atoms with Gasteiger partial charge in [0, 0.05) is 41.1 Å². The van der Waals surface area contributed by atoms with Crippen LogP contribution in [0.4, 0.5) is 21.6 Å². The average molecular weight is 640 g/mol. The molecule has 238 valence electrons. The number of anilines is 3. The molecule has 4 atom stereocenters. The van der Waals surface area contributed by atoms with E-state index in [1.165, 1.54) is 24.5 Å². The van der Waals surface area contributed by atoms with Gasteiger partial charge in [0.05, 0.1) is 54.7 Å². The van der Waals surface area contributed by atoms with Crippen molar-refractivity contribution in [3.05, 3.63) is 59.7 Å². The summed E-state index contributed by atoms with van der Waals surface area (Å²) >= 11 is 5.94. The Morgan fingerprint density at radius 3 is 2.69 bits per heavy atom. The van der Waals surface area contributed by atoms with E-state index in [0.717, 1.165) is 19.4 Å². The summed E-state index contributed by atoms with van der Waals surface area (Å²) in [4.78, 5) is 34.2. The molecule has 2 aliphatic carbocycles. The molecule has 4 fully saturated rings. The number of aromatic nitrogens is 2. The molecule has 0 bridgehead atoms. The van der Waals surface area contributed by atoms with Crippen molar-refractivity contribution in [2.75, 3.05) is 64.3 Å². The minimum atomic E-state index is -0.506. The molecule has 2 saturated carbocycles. The number of cyclic esters (lactones) is 1. The number of hydrogen-bond donors (Lipinski definition) is 3. The molecule has 3 aromatic rings. The Bertz CT molecular complexity index is 1650. The smallest absolute Gasteiger partial charge is 0.314 e.